The van der Waals surface area contributed by atoms with E-state index in [1.54, 1.807) is 23.4 Å². The molecular formula is C11H14N6O. The molecule has 0 radical (unpaired) electrons. The second-order valence-corrected chi connectivity index (χ2v) is 3.84. The lowest BCUT2D eigenvalue weighted by atomic mass is 10.3. The SMILES string of the molecule is N#CCNC(=O)N1CCN(c2ncccn2)CC1. The molecule has 2 rings (SSSR count). The highest BCUT2D eigenvalue weighted by atomic mass is 16.2. The van der Waals surface area contributed by atoms with Gasteiger partial charge in [-0.05, 0) is 6.07 Å². The van der Waals surface area contributed by atoms with Crippen LogP contribution in [0.3, 0.4) is 0 Å². The predicted molar refractivity (Wildman–Crippen MR) is 64.8 cm³/mol. The minimum absolute atomic E-state index is 0.0425. The molecule has 1 aromatic heterocycles. The van der Waals surface area contributed by atoms with Crippen LogP contribution >= 0.6 is 0 Å². The number of hydrogen-bond acceptors (Lipinski definition) is 5. The number of aromatic nitrogens is 2. The van der Waals surface area contributed by atoms with Crippen molar-refractivity contribution in [3.05, 3.63) is 18.5 Å². The summed E-state index contributed by atoms with van der Waals surface area (Å²) in [6, 6.07) is 3.47. The molecule has 94 valence electrons. The van der Waals surface area contributed by atoms with E-state index in [1.165, 1.54) is 0 Å². The van der Waals surface area contributed by atoms with Gasteiger partial charge in [0.1, 0.15) is 6.54 Å². The van der Waals surface area contributed by atoms with Crippen molar-refractivity contribution in [2.45, 2.75) is 0 Å². The van der Waals surface area contributed by atoms with Crippen LogP contribution in [0.25, 0.3) is 0 Å². The smallest absolute Gasteiger partial charge is 0.318 e. The van der Waals surface area contributed by atoms with Crippen LogP contribution in [0.5, 0.6) is 0 Å². The molecule has 0 unspecified atom stereocenters. The Morgan fingerprint density at radius 2 is 2.00 bits per heavy atom. The summed E-state index contributed by atoms with van der Waals surface area (Å²) in [6.45, 7) is 2.65. The largest absolute Gasteiger partial charge is 0.337 e. The number of urea groups is 1. The second-order valence-electron chi connectivity index (χ2n) is 3.84. The monoisotopic (exact) mass is 246 g/mol. The van der Waals surface area contributed by atoms with Gasteiger partial charge < -0.3 is 15.1 Å². The van der Waals surface area contributed by atoms with E-state index in [4.69, 9.17) is 5.26 Å². The summed E-state index contributed by atoms with van der Waals surface area (Å²) in [6.07, 6.45) is 3.41. The van der Waals surface area contributed by atoms with Crippen LogP contribution in [-0.4, -0.2) is 53.6 Å². The molecule has 0 bridgehead atoms. The van der Waals surface area contributed by atoms with E-state index in [1.807, 2.05) is 11.0 Å². The Morgan fingerprint density at radius 1 is 1.33 bits per heavy atom. The number of carbonyl (C=O) groups is 1. The molecule has 0 saturated carbocycles. The maximum Gasteiger partial charge on any atom is 0.318 e. The van der Waals surface area contributed by atoms with Gasteiger partial charge in [-0.15, -0.1) is 0 Å². The number of nitriles is 1. The second kappa shape index (κ2) is 5.82. The molecule has 0 aliphatic carbocycles. The van der Waals surface area contributed by atoms with E-state index in [2.05, 4.69) is 15.3 Å². The fraction of sp³-hybridized carbons (Fsp3) is 0.455. The van der Waals surface area contributed by atoms with Crippen molar-refractivity contribution in [3.8, 4) is 6.07 Å². The van der Waals surface area contributed by atoms with Crippen molar-refractivity contribution < 1.29 is 4.79 Å². The Labute approximate surface area is 105 Å². The van der Waals surface area contributed by atoms with Crippen LogP contribution in [-0.2, 0) is 0 Å². The lowest BCUT2D eigenvalue weighted by Gasteiger charge is -2.34. The first-order chi connectivity index (χ1) is 8.81. The first kappa shape index (κ1) is 12.1. The quantitative estimate of drug-likeness (QED) is 0.732. The van der Waals surface area contributed by atoms with Crippen LogP contribution in [0.15, 0.2) is 18.5 Å². The van der Waals surface area contributed by atoms with Crippen LogP contribution in [0.1, 0.15) is 0 Å². The molecule has 1 aliphatic heterocycles. The number of hydrogen-bond donors (Lipinski definition) is 1. The molecule has 0 atom stereocenters. The van der Waals surface area contributed by atoms with Crippen molar-refractivity contribution >= 4 is 12.0 Å². The molecule has 7 heteroatoms. The zero-order valence-corrected chi connectivity index (χ0v) is 9.91. The van der Waals surface area contributed by atoms with Gasteiger partial charge in [0, 0.05) is 38.6 Å². The van der Waals surface area contributed by atoms with Gasteiger partial charge in [-0.3, -0.25) is 0 Å². The van der Waals surface area contributed by atoms with E-state index >= 15 is 0 Å². The lowest BCUT2D eigenvalue weighted by Crippen LogP contribution is -2.52. The van der Waals surface area contributed by atoms with Gasteiger partial charge >= 0.3 is 6.03 Å². The molecule has 1 N–H and O–H groups in total. The summed E-state index contributed by atoms with van der Waals surface area (Å²) < 4.78 is 0. The van der Waals surface area contributed by atoms with E-state index < -0.39 is 0 Å². The van der Waals surface area contributed by atoms with E-state index in [0.717, 1.165) is 0 Å². The Morgan fingerprint density at radius 3 is 2.61 bits per heavy atom. The summed E-state index contributed by atoms with van der Waals surface area (Å²) in [5.41, 5.74) is 0. The molecular weight excluding hydrogens is 232 g/mol. The van der Waals surface area contributed by atoms with E-state index in [9.17, 15) is 4.79 Å². The molecule has 0 aromatic carbocycles. The first-order valence-corrected chi connectivity index (χ1v) is 5.73. The van der Waals surface area contributed by atoms with E-state index in [0.29, 0.717) is 32.1 Å². The Kier molecular flexibility index (Phi) is 3.91. The zero-order chi connectivity index (χ0) is 12.8. The van der Waals surface area contributed by atoms with Gasteiger partial charge in [0.2, 0.25) is 5.95 Å². The van der Waals surface area contributed by atoms with Crippen molar-refractivity contribution in [2.75, 3.05) is 37.6 Å². The van der Waals surface area contributed by atoms with Crippen molar-refractivity contribution in [1.82, 2.24) is 20.2 Å². The maximum absolute atomic E-state index is 11.6. The van der Waals surface area contributed by atoms with Gasteiger partial charge in [0.25, 0.3) is 0 Å². The van der Waals surface area contributed by atoms with Gasteiger partial charge in [0.05, 0.1) is 6.07 Å². The van der Waals surface area contributed by atoms with Crippen LogP contribution in [0.4, 0.5) is 10.7 Å². The Balaban J connectivity index is 1.85. The predicted octanol–water partition coefficient (Wildman–Crippen LogP) is -0.168. The number of carbonyl (C=O) groups excluding carboxylic acids is 1. The number of nitrogens with zero attached hydrogens (tertiary/aromatic N) is 5. The summed E-state index contributed by atoms with van der Waals surface area (Å²) in [7, 11) is 0. The molecule has 2 amide bonds. The third-order valence-corrected chi connectivity index (χ3v) is 2.72. The highest BCUT2D eigenvalue weighted by Gasteiger charge is 2.21. The normalized spacial score (nSPS) is 15.1. The lowest BCUT2D eigenvalue weighted by molar-refractivity contribution is 0.195. The van der Waals surface area contributed by atoms with Crippen molar-refractivity contribution in [3.63, 3.8) is 0 Å². The third-order valence-electron chi connectivity index (χ3n) is 2.72. The number of amides is 2. The van der Waals surface area contributed by atoms with E-state index in [-0.39, 0.29) is 12.6 Å². The van der Waals surface area contributed by atoms with Crippen LogP contribution in [0, 0.1) is 11.3 Å². The summed E-state index contributed by atoms with van der Waals surface area (Å²) in [4.78, 5) is 23.7. The third kappa shape index (κ3) is 2.85. The number of nitrogens with one attached hydrogen (secondary N) is 1. The minimum Gasteiger partial charge on any atom is -0.337 e. The Bertz CT molecular complexity index is 435. The molecule has 7 nitrogen and oxygen atoms in total. The number of piperazine rings is 1. The zero-order valence-electron chi connectivity index (χ0n) is 9.91. The molecule has 1 fully saturated rings. The minimum atomic E-state index is -0.190. The summed E-state index contributed by atoms with van der Waals surface area (Å²) >= 11 is 0. The molecule has 1 saturated heterocycles. The highest BCUT2D eigenvalue weighted by molar-refractivity contribution is 5.74. The van der Waals surface area contributed by atoms with Crippen LogP contribution < -0.4 is 10.2 Å². The van der Waals surface area contributed by atoms with Gasteiger partial charge in [-0.1, -0.05) is 0 Å². The molecule has 1 aliphatic rings. The summed E-state index contributed by atoms with van der Waals surface area (Å²) in [5.74, 6) is 0.689. The number of anilines is 1. The number of rotatable bonds is 2. The molecule has 18 heavy (non-hydrogen) atoms. The standard InChI is InChI=1S/C11H14N6O/c12-2-5-15-11(18)17-8-6-16(7-9-17)10-13-3-1-4-14-10/h1,3-4H,5-9H2,(H,15,18). The molecule has 2 heterocycles. The topological polar surface area (TPSA) is 85.2 Å². The molecule has 1 aromatic rings. The maximum atomic E-state index is 11.6. The first-order valence-electron chi connectivity index (χ1n) is 5.73. The average Bonchev–Trinajstić information content (AvgIpc) is 2.46. The summed E-state index contributed by atoms with van der Waals surface area (Å²) in [5, 5.41) is 10.9. The van der Waals surface area contributed by atoms with Crippen LogP contribution in [0.2, 0.25) is 0 Å². The molecule has 0 spiro atoms. The van der Waals surface area contributed by atoms with Crippen molar-refractivity contribution in [2.24, 2.45) is 0 Å². The highest BCUT2D eigenvalue weighted by Crippen LogP contribution is 2.09. The van der Waals surface area contributed by atoms with Gasteiger partial charge in [-0.25, -0.2) is 14.8 Å². The van der Waals surface area contributed by atoms with Gasteiger partial charge in [-0.2, -0.15) is 5.26 Å². The average molecular weight is 246 g/mol. The van der Waals surface area contributed by atoms with Gasteiger partial charge in [0.15, 0.2) is 0 Å². The fourth-order valence-electron chi connectivity index (χ4n) is 1.79. The van der Waals surface area contributed by atoms with Crippen molar-refractivity contribution in [1.29, 1.82) is 5.26 Å². The Hall–Kier alpha value is -2.36. The fourth-order valence-corrected chi connectivity index (χ4v) is 1.79.